The van der Waals surface area contributed by atoms with Crippen molar-refractivity contribution in [2.24, 2.45) is 5.92 Å². The number of anilines is 1. The molecule has 1 fully saturated rings. The van der Waals surface area contributed by atoms with E-state index in [0.29, 0.717) is 11.6 Å². The lowest BCUT2D eigenvalue weighted by atomic mass is 9.89. The molecule has 2 atom stereocenters. The number of nitrogens with zero attached hydrogens (tertiary/aromatic N) is 5. The van der Waals surface area contributed by atoms with E-state index in [2.05, 4.69) is 57.1 Å². The molecular formula is C17H20N6O. The molecule has 0 saturated carbocycles. The highest BCUT2D eigenvalue weighted by molar-refractivity contribution is 5.42. The van der Waals surface area contributed by atoms with Gasteiger partial charge in [-0.05, 0) is 47.9 Å². The summed E-state index contributed by atoms with van der Waals surface area (Å²) in [4.78, 5) is 0. The number of nitrogens with one attached hydrogen (secondary N) is 1. The van der Waals surface area contributed by atoms with Crippen LogP contribution in [0.3, 0.4) is 0 Å². The van der Waals surface area contributed by atoms with Crippen molar-refractivity contribution < 1.29 is 4.74 Å². The largest absolute Gasteiger partial charge is 0.373 e. The van der Waals surface area contributed by atoms with Crippen molar-refractivity contribution in [1.82, 2.24) is 25.3 Å². The van der Waals surface area contributed by atoms with Crippen LogP contribution >= 0.6 is 0 Å². The van der Waals surface area contributed by atoms with Gasteiger partial charge in [0, 0.05) is 19.1 Å². The van der Waals surface area contributed by atoms with Crippen LogP contribution in [-0.4, -0.2) is 38.4 Å². The van der Waals surface area contributed by atoms with Crippen molar-refractivity contribution >= 4 is 11.5 Å². The average Bonchev–Trinajstić information content (AvgIpc) is 3.09. The van der Waals surface area contributed by atoms with E-state index >= 15 is 0 Å². The SMILES string of the molecule is Cc1ccc(C2OCCCC2CNc2ccc3nnnn3n2)cc1. The van der Waals surface area contributed by atoms with E-state index in [4.69, 9.17) is 4.74 Å². The summed E-state index contributed by atoms with van der Waals surface area (Å²) in [5.41, 5.74) is 3.15. The number of ether oxygens (including phenoxy) is 1. The molecule has 7 heteroatoms. The average molecular weight is 324 g/mol. The third-order valence-corrected chi connectivity index (χ3v) is 4.47. The second-order valence-corrected chi connectivity index (χ2v) is 6.23. The van der Waals surface area contributed by atoms with Gasteiger partial charge >= 0.3 is 0 Å². The Bertz CT molecular complexity index is 815. The molecule has 124 valence electrons. The molecule has 0 bridgehead atoms. The van der Waals surface area contributed by atoms with E-state index in [1.807, 2.05) is 12.1 Å². The fourth-order valence-corrected chi connectivity index (χ4v) is 3.16. The number of rotatable bonds is 4. The summed E-state index contributed by atoms with van der Waals surface area (Å²) in [6, 6.07) is 12.4. The third-order valence-electron chi connectivity index (χ3n) is 4.47. The highest BCUT2D eigenvalue weighted by Gasteiger charge is 2.27. The molecule has 0 aliphatic carbocycles. The van der Waals surface area contributed by atoms with Gasteiger partial charge in [-0.1, -0.05) is 29.8 Å². The Kier molecular flexibility index (Phi) is 4.08. The number of aryl methyl sites for hydroxylation is 1. The first-order chi connectivity index (χ1) is 11.8. The van der Waals surface area contributed by atoms with Crippen molar-refractivity contribution in [3.8, 4) is 0 Å². The van der Waals surface area contributed by atoms with E-state index in [0.717, 1.165) is 31.8 Å². The van der Waals surface area contributed by atoms with Crippen molar-refractivity contribution in [2.75, 3.05) is 18.5 Å². The van der Waals surface area contributed by atoms with Crippen LogP contribution in [-0.2, 0) is 4.74 Å². The standard InChI is InChI=1S/C17H20N6O/c1-12-4-6-13(7-5-12)17-14(3-2-10-24-17)11-18-15-8-9-16-19-21-22-23(16)20-15/h4-9,14,17H,2-3,10-11H2,1H3,(H,18,20). The minimum atomic E-state index is 0.128. The van der Waals surface area contributed by atoms with Gasteiger partial charge in [0.05, 0.1) is 6.10 Å². The van der Waals surface area contributed by atoms with Crippen LogP contribution in [0.15, 0.2) is 36.4 Å². The summed E-state index contributed by atoms with van der Waals surface area (Å²) in [7, 11) is 0. The molecule has 24 heavy (non-hydrogen) atoms. The zero-order chi connectivity index (χ0) is 16.4. The first-order valence-electron chi connectivity index (χ1n) is 8.27. The summed E-state index contributed by atoms with van der Waals surface area (Å²) >= 11 is 0. The fourth-order valence-electron chi connectivity index (χ4n) is 3.16. The number of fused-ring (bicyclic) bond motifs is 1. The summed E-state index contributed by atoms with van der Waals surface area (Å²) in [6.07, 6.45) is 2.36. The Hall–Kier alpha value is -2.54. The molecular weight excluding hydrogens is 304 g/mol. The zero-order valence-corrected chi connectivity index (χ0v) is 13.6. The first-order valence-corrected chi connectivity index (χ1v) is 8.27. The lowest BCUT2D eigenvalue weighted by molar-refractivity contribution is -0.0238. The van der Waals surface area contributed by atoms with Gasteiger partial charge in [0.1, 0.15) is 5.82 Å². The molecule has 1 aliphatic rings. The Balaban J connectivity index is 1.47. The van der Waals surface area contributed by atoms with E-state index in [9.17, 15) is 0 Å². The van der Waals surface area contributed by atoms with Crippen LogP contribution in [0.2, 0.25) is 0 Å². The van der Waals surface area contributed by atoms with E-state index < -0.39 is 0 Å². The topological polar surface area (TPSA) is 77.2 Å². The Morgan fingerprint density at radius 2 is 2.08 bits per heavy atom. The summed E-state index contributed by atoms with van der Waals surface area (Å²) < 4.78 is 7.49. The predicted molar refractivity (Wildman–Crippen MR) is 89.7 cm³/mol. The number of tetrazole rings is 1. The van der Waals surface area contributed by atoms with Crippen LogP contribution in [0.5, 0.6) is 0 Å². The molecule has 3 aromatic rings. The van der Waals surface area contributed by atoms with E-state index in [1.54, 1.807) is 0 Å². The maximum Gasteiger partial charge on any atom is 0.200 e. The number of benzene rings is 1. The Morgan fingerprint density at radius 3 is 2.96 bits per heavy atom. The zero-order valence-electron chi connectivity index (χ0n) is 13.6. The van der Waals surface area contributed by atoms with Crippen molar-refractivity contribution in [1.29, 1.82) is 0 Å². The summed E-state index contributed by atoms with van der Waals surface area (Å²) in [5.74, 6) is 1.18. The molecule has 0 radical (unpaired) electrons. The quantitative estimate of drug-likeness (QED) is 0.794. The lowest BCUT2D eigenvalue weighted by Gasteiger charge is -2.32. The minimum absolute atomic E-state index is 0.128. The van der Waals surface area contributed by atoms with Crippen molar-refractivity contribution in [3.63, 3.8) is 0 Å². The van der Waals surface area contributed by atoms with Gasteiger partial charge in [0.2, 0.25) is 0 Å². The Morgan fingerprint density at radius 1 is 1.21 bits per heavy atom. The van der Waals surface area contributed by atoms with Gasteiger partial charge in [-0.2, -0.15) is 0 Å². The normalized spacial score (nSPS) is 21.0. The number of hydrogen-bond acceptors (Lipinski definition) is 6. The molecule has 1 aliphatic heterocycles. The van der Waals surface area contributed by atoms with Crippen molar-refractivity contribution in [3.05, 3.63) is 47.5 Å². The molecule has 1 saturated heterocycles. The second kappa shape index (κ2) is 6.52. The molecule has 2 aromatic heterocycles. The monoisotopic (exact) mass is 324 g/mol. The maximum absolute atomic E-state index is 6.06. The first kappa shape index (κ1) is 15.0. The molecule has 7 nitrogen and oxygen atoms in total. The molecule has 1 N–H and O–H groups in total. The molecule has 0 amide bonds. The van der Waals surface area contributed by atoms with Crippen LogP contribution in [0.4, 0.5) is 5.82 Å². The fraction of sp³-hybridized carbons (Fsp3) is 0.412. The molecule has 4 rings (SSSR count). The second-order valence-electron chi connectivity index (χ2n) is 6.23. The van der Waals surface area contributed by atoms with E-state index in [1.165, 1.54) is 15.8 Å². The summed E-state index contributed by atoms with van der Waals surface area (Å²) in [6.45, 7) is 3.73. The van der Waals surface area contributed by atoms with Crippen LogP contribution in [0.1, 0.15) is 30.1 Å². The van der Waals surface area contributed by atoms with Gasteiger partial charge in [-0.15, -0.1) is 14.8 Å². The number of hydrogen-bond donors (Lipinski definition) is 1. The smallest absolute Gasteiger partial charge is 0.200 e. The highest BCUT2D eigenvalue weighted by Crippen LogP contribution is 2.33. The minimum Gasteiger partial charge on any atom is -0.373 e. The highest BCUT2D eigenvalue weighted by atomic mass is 16.5. The van der Waals surface area contributed by atoms with E-state index in [-0.39, 0.29) is 6.10 Å². The molecule has 0 spiro atoms. The lowest BCUT2D eigenvalue weighted by Crippen LogP contribution is -2.28. The van der Waals surface area contributed by atoms with Gasteiger partial charge < -0.3 is 10.1 Å². The predicted octanol–water partition coefficient (Wildman–Crippen LogP) is 2.41. The van der Waals surface area contributed by atoms with Crippen LogP contribution < -0.4 is 5.32 Å². The van der Waals surface area contributed by atoms with Crippen molar-refractivity contribution in [2.45, 2.75) is 25.9 Å². The summed E-state index contributed by atoms with van der Waals surface area (Å²) in [5, 5.41) is 19.0. The van der Waals surface area contributed by atoms with Crippen LogP contribution in [0.25, 0.3) is 5.65 Å². The molecule has 1 aromatic carbocycles. The number of aromatic nitrogens is 5. The van der Waals surface area contributed by atoms with Gasteiger partial charge in [-0.25, -0.2) is 0 Å². The Labute approximate surface area is 140 Å². The third kappa shape index (κ3) is 3.07. The van der Waals surface area contributed by atoms with Gasteiger partial charge in [0.15, 0.2) is 5.65 Å². The van der Waals surface area contributed by atoms with Crippen LogP contribution in [0, 0.1) is 12.8 Å². The molecule has 3 heterocycles. The van der Waals surface area contributed by atoms with Gasteiger partial charge in [0.25, 0.3) is 0 Å². The maximum atomic E-state index is 6.06. The molecule has 2 unspecified atom stereocenters. The van der Waals surface area contributed by atoms with Gasteiger partial charge in [-0.3, -0.25) is 0 Å².